The first-order chi connectivity index (χ1) is 16.5. The largest absolute Gasteiger partial charge is 0.494 e. The third kappa shape index (κ3) is 4.26. The Morgan fingerprint density at radius 2 is 1.68 bits per heavy atom. The topological polar surface area (TPSA) is 53.6 Å². The molecular weight excluding hydrogens is 422 g/mol. The van der Waals surface area contributed by atoms with Crippen LogP contribution in [0.3, 0.4) is 0 Å². The molecule has 5 heteroatoms. The lowest BCUT2D eigenvalue weighted by Gasteiger charge is -2.30. The molecule has 0 aromatic heterocycles. The van der Waals surface area contributed by atoms with Gasteiger partial charge in [0.05, 0.1) is 24.0 Å². The number of nitrogens with one attached hydrogen (secondary N) is 2. The molecule has 0 radical (unpaired) electrons. The van der Waals surface area contributed by atoms with E-state index in [9.17, 15) is 4.79 Å². The molecule has 2 atom stereocenters. The molecule has 3 aromatic carbocycles. The first kappa shape index (κ1) is 22.1. The number of allylic oxidation sites excluding steroid dienone is 1. The van der Waals surface area contributed by atoms with Crippen molar-refractivity contribution in [3.8, 4) is 5.75 Å². The molecule has 0 spiro atoms. The van der Waals surface area contributed by atoms with Gasteiger partial charge in [0.15, 0.2) is 5.78 Å². The molecule has 174 valence electrons. The van der Waals surface area contributed by atoms with E-state index in [1.807, 2.05) is 51.4 Å². The zero-order chi connectivity index (χ0) is 23.7. The number of fused-ring (bicyclic) bond motifs is 1. The van der Waals surface area contributed by atoms with E-state index in [2.05, 4.69) is 58.0 Å². The summed E-state index contributed by atoms with van der Waals surface area (Å²) in [5.41, 5.74) is 7.20. The molecule has 5 nitrogen and oxygen atoms in total. The second-order valence-corrected chi connectivity index (χ2v) is 9.16. The van der Waals surface area contributed by atoms with Crippen molar-refractivity contribution in [2.75, 3.05) is 36.2 Å². The van der Waals surface area contributed by atoms with E-state index in [4.69, 9.17) is 4.74 Å². The predicted octanol–water partition coefficient (Wildman–Crippen LogP) is 6.13. The number of carbonyl (C=O) groups excluding carboxylic acids is 1. The molecule has 0 saturated heterocycles. The van der Waals surface area contributed by atoms with Gasteiger partial charge in [-0.15, -0.1) is 0 Å². The van der Waals surface area contributed by atoms with Crippen LogP contribution < -0.4 is 20.3 Å². The van der Waals surface area contributed by atoms with Crippen molar-refractivity contribution in [1.82, 2.24) is 0 Å². The summed E-state index contributed by atoms with van der Waals surface area (Å²) in [6.45, 7) is 2.58. The number of nitrogens with zero attached hydrogens (tertiary/aromatic N) is 1. The molecule has 0 bridgehead atoms. The van der Waals surface area contributed by atoms with Crippen LogP contribution in [-0.2, 0) is 4.79 Å². The molecule has 5 rings (SSSR count). The van der Waals surface area contributed by atoms with E-state index < -0.39 is 0 Å². The highest BCUT2D eigenvalue weighted by molar-refractivity contribution is 6.01. The molecule has 1 aliphatic carbocycles. The Labute approximate surface area is 201 Å². The molecule has 1 aliphatic heterocycles. The lowest BCUT2D eigenvalue weighted by atomic mass is 9.78. The summed E-state index contributed by atoms with van der Waals surface area (Å²) in [5.74, 6) is 1.15. The van der Waals surface area contributed by atoms with Crippen LogP contribution in [0.2, 0.25) is 0 Å². The molecule has 0 amide bonds. The van der Waals surface area contributed by atoms with Gasteiger partial charge in [0, 0.05) is 37.5 Å². The second-order valence-electron chi connectivity index (χ2n) is 9.16. The fourth-order valence-corrected chi connectivity index (χ4v) is 4.97. The van der Waals surface area contributed by atoms with Gasteiger partial charge < -0.3 is 20.3 Å². The fourth-order valence-electron chi connectivity index (χ4n) is 4.97. The van der Waals surface area contributed by atoms with Gasteiger partial charge in [-0.25, -0.2) is 0 Å². The standard InChI is InChI=1S/C29H31N3O2/c1-4-34-23-9-7-8-20(16-23)29-28-26(30-24-10-5-6-11-25(24)31-29)17-21(18-27(28)33)19-12-14-22(15-13-19)32(2)3/h5-16,21,29-31H,4,17-18H2,1-3H3. The molecular formula is C29H31N3O2. The monoisotopic (exact) mass is 453 g/mol. The average molecular weight is 454 g/mol. The summed E-state index contributed by atoms with van der Waals surface area (Å²) in [6, 6.07) is 24.5. The average Bonchev–Trinajstić information content (AvgIpc) is 3.01. The fraction of sp³-hybridized carbons (Fsp3) is 0.276. The van der Waals surface area contributed by atoms with E-state index in [0.717, 1.165) is 46.1 Å². The minimum absolute atomic E-state index is 0.149. The highest BCUT2D eigenvalue weighted by Gasteiger charge is 2.36. The molecule has 1 heterocycles. The van der Waals surface area contributed by atoms with Crippen LogP contribution in [-0.4, -0.2) is 26.5 Å². The van der Waals surface area contributed by atoms with Crippen molar-refractivity contribution in [3.05, 3.63) is 95.2 Å². The summed E-state index contributed by atoms with van der Waals surface area (Å²) in [4.78, 5) is 15.8. The maximum absolute atomic E-state index is 13.7. The molecule has 2 N–H and O–H groups in total. The minimum atomic E-state index is -0.240. The highest BCUT2D eigenvalue weighted by atomic mass is 16.5. The first-order valence-electron chi connectivity index (χ1n) is 11.9. The van der Waals surface area contributed by atoms with Crippen LogP contribution in [0.5, 0.6) is 5.75 Å². The van der Waals surface area contributed by atoms with Gasteiger partial charge in [-0.1, -0.05) is 36.4 Å². The van der Waals surface area contributed by atoms with Crippen molar-refractivity contribution < 1.29 is 9.53 Å². The highest BCUT2D eigenvalue weighted by Crippen LogP contribution is 2.44. The lowest BCUT2D eigenvalue weighted by molar-refractivity contribution is -0.116. The number of hydrogen-bond donors (Lipinski definition) is 2. The summed E-state index contributed by atoms with van der Waals surface area (Å²) >= 11 is 0. The Morgan fingerprint density at radius 1 is 0.912 bits per heavy atom. The summed E-state index contributed by atoms with van der Waals surface area (Å²) < 4.78 is 5.75. The van der Waals surface area contributed by atoms with Gasteiger partial charge in [0.2, 0.25) is 0 Å². The third-order valence-corrected chi connectivity index (χ3v) is 6.69. The first-order valence-corrected chi connectivity index (χ1v) is 11.9. The van der Waals surface area contributed by atoms with Crippen LogP contribution >= 0.6 is 0 Å². The molecule has 2 unspecified atom stereocenters. The molecule has 3 aromatic rings. The number of carbonyl (C=O) groups is 1. The van der Waals surface area contributed by atoms with Gasteiger partial charge in [0.1, 0.15) is 5.75 Å². The van der Waals surface area contributed by atoms with Crippen LogP contribution in [0, 0.1) is 0 Å². The van der Waals surface area contributed by atoms with Gasteiger partial charge in [-0.3, -0.25) is 4.79 Å². The van der Waals surface area contributed by atoms with Crippen molar-refractivity contribution >= 4 is 22.8 Å². The van der Waals surface area contributed by atoms with Crippen molar-refractivity contribution in [3.63, 3.8) is 0 Å². The van der Waals surface area contributed by atoms with Gasteiger partial charge >= 0.3 is 0 Å². The van der Waals surface area contributed by atoms with Crippen molar-refractivity contribution in [1.29, 1.82) is 0 Å². The number of rotatable bonds is 5. The number of hydrogen-bond acceptors (Lipinski definition) is 5. The summed E-state index contributed by atoms with van der Waals surface area (Å²) in [6.07, 6.45) is 1.29. The Hall–Kier alpha value is -3.73. The van der Waals surface area contributed by atoms with Gasteiger partial charge in [-0.05, 0) is 66.8 Å². The number of Topliss-reactive ketones (excluding diaryl/α,β-unsaturated/α-hetero) is 1. The third-order valence-electron chi connectivity index (χ3n) is 6.69. The van der Waals surface area contributed by atoms with Crippen LogP contribution in [0.1, 0.15) is 42.9 Å². The maximum Gasteiger partial charge on any atom is 0.163 e. The van der Waals surface area contributed by atoms with E-state index in [1.54, 1.807) is 0 Å². The Balaban J connectivity index is 1.55. The van der Waals surface area contributed by atoms with Crippen molar-refractivity contribution in [2.45, 2.75) is 31.7 Å². The van der Waals surface area contributed by atoms with Crippen LogP contribution in [0.15, 0.2) is 84.1 Å². The van der Waals surface area contributed by atoms with E-state index >= 15 is 0 Å². The summed E-state index contributed by atoms with van der Waals surface area (Å²) in [7, 11) is 4.08. The molecule has 0 saturated carbocycles. The Morgan fingerprint density at radius 3 is 2.41 bits per heavy atom. The number of anilines is 3. The predicted molar refractivity (Wildman–Crippen MR) is 139 cm³/mol. The quantitative estimate of drug-likeness (QED) is 0.487. The zero-order valence-corrected chi connectivity index (χ0v) is 20.0. The SMILES string of the molecule is CCOc1cccc(C2Nc3ccccc3NC3=C2C(=O)CC(c2ccc(N(C)C)cc2)C3)c1. The van der Waals surface area contributed by atoms with Gasteiger partial charge in [0.25, 0.3) is 0 Å². The van der Waals surface area contributed by atoms with E-state index in [0.29, 0.717) is 13.0 Å². The van der Waals surface area contributed by atoms with Crippen LogP contribution in [0.25, 0.3) is 0 Å². The Bertz CT molecular complexity index is 1230. The van der Waals surface area contributed by atoms with E-state index in [-0.39, 0.29) is 17.7 Å². The van der Waals surface area contributed by atoms with E-state index in [1.165, 1.54) is 5.56 Å². The number of para-hydroxylation sites is 2. The zero-order valence-electron chi connectivity index (χ0n) is 20.0. The minimum Gasteiger partial charge on any atom is -0.494 e. The number of ether oxygens (including phenoxy) is 1. The molecule has 0 fully saturated rings. The van der Waals surface area contributed by atoms with Crippen LogP contribution in [0.4, 0.5) is 17.1 Å². The number of benzene rings is 3. The van der Waals surface area contributed by atoms with Crippen molar-refractivity contribution in [2.24, 2.45) is 0 Å². The number of ketones is 1. The Kier molecular flexibility index (Phi) is 6.01. The maximum atomic E-state index is 13.7. The molecule has 34 heavy (non-hydrogen) atoms. The molecule has 2 aliphatic rings. The van der Waals surface area contributed by atoms with Gasteiger partial charge in [-0.2, -0.15) is 0 Å². The summed E-state index contributed by atoms with van der Waals surface area (Å²) in [5, 5.41) is 7.26. The smallest absolute Gasteiger partial charge is 0.163 e. The normalized spacial score (nSPS) is 19.3. The second kappa shape index (κ2) is 9.26. The lowest BCUT2D eigenvalue weighted by Crippen LogP contribution is -2.27.